The largest absolute Gasteiger partial charge is 0.473 e. The minimum Gasteiger partial charge on any atom is -0.473 e. The SMILES string of the molecule is O=S(=O)(Cl)c1cc(OCc2ccccc2)nc(C(F)(F)F)c1. The van der Waals surface area contributed by atoms with E-state index in [-0.39, 0.29) is 6.61 Å². The standard InChI is InChI=1S/C13H9ClF3NO3S/c14-22(19,20)10-6-11(13(15,16)17)18-12(7-10)21-8-9-4-2-1-3-5-9/h1-7H,8H2. The van der Waals surface area contributed by atoms with Gasteiger partial charge in [-0.05, 0) is 11.6 Å². The number of alkyl halides is 3. The topological polar surface area (TPSA) is 56.3 Å². The summed E-state index contributed by atoms with van der Waals surface area (Å²) in [6.45, 7) is -0.0586. The van der Waals surface area contributed by atoms with Crippen molar-refractivity contribution in [3.05, 3.63) is 53.7 Å². The molecule has 1 aromatic carbocycles. The summed E-state index contributed by atoms with van der Waals surface area (Å²) in [6.07, 6.45) is -4.82. The van der Waals surface area contributed by atoms with Gasteiger partial charge in [0.2, 0.25) is 5.88 Å². The van der Waals surface area contributed by atoms with Crippen LogP contribution in [0.25, 0.3) is 0 Å². The van der Waals surface area contributed by atoms with Gasteiger partial charge in [0.15, 0.2) is 0 Å². The highest BCUT2D eigenvalue weighted by Crippen LogP contribution is 2.32. The lowest BCUT2D eigenvalue weighted by Crippen LogP contribution is -2.11. The minimum atomic E-state index is -4.82. The second kappa shape index (κ2) is 6.13. The van der Waals surface area contributed by atoms with Crippen molar-refractivity contribution in [2.75, 3.05) is 0 Å². The second-order valence-corrected chi connectivity index (χ2v) is 6.80. The Kier molecular flexibility index (Phi) is 4.62. The highest BCUT2D eigenvalue weighted by molar-refractivity contribution is 8.13. The van der Waals surface area contributed by atoms with Crippen molar-refractivity contribution in [3.63, 3.8) is 0 Å². The molecule has 0 amide bonds. The van der Waals surface area contributed by atoms with E-state index in [4.69, 9.17) is 15.4 Å². The van der Waals surface area contributed by atoms with Crippen LogP contribution in [0.15, 0.2) is 47.4 Å². The molecule has 1 heterocycles. The minimum absolute atomic E-state index is 0.0586. The zero-order valence-corrected chi connectivity index (χ0v) is 12.4. The van der Waals surface area contributed by atoms with Gasteiger partial charge >= 0.3 is 6.18 Å². The van der Waals surface area contributed by atoms with E-state index in [1.807, 2.05) is 0 Å². The van der Waals surface area contributed by atoms with Crippen molar-refractivity contribution in [2.24, 2.45) is 0 Å². The first kappa shape index (κ1) is 16.6. The average molecular weight is 352 g/mol. The molecule has 2 aromatic rings. The Morgan fingerprint density at radius 2 is 1.77 bits per heavy atom. The summed E-state index contributed by atoms with van der Waals surface area (Å²) in [5, 5.41) is 0. The molecule has 0 radical (unpaired) electrons. The van der Waals surface area contributed by atoms with E-state index in [9.17, 15) is 21.6 Å². The first-order valence-electron chi connectivity index (χ1n) is 5.87. The molecule has 4 nitrogen and oxygen atoms in total. The maximum absolute atomic E-state index is 12.7. The van der Waals surface area contributed by atoms with Crippen LogP contribution in [-0.4, -0.2) is 13.4 Å². The zero-order valence-electron chi connectivity index (χ0n) is 10.8. The molecule has 0 saturated carbocycles. The lowest BCUT2D eigenvalue weighted by Gasteiger charge is -2.11. The van der Waals surface area contributed by atoms with Crippen LogP contribution in [0.2, 0.25) is 0 Å². The monoisotopic (exact) mass is 351 g/mol. The number of aromatic nitrogens is 1. The van der Waals surface area contributed by atoms with Gasteiger partial charge < -0.3 is 4.74 Å². The van der Waals surface area contributed by atoms with Crippen LogP contribution in [0.1, 0.15) is 11.3 Å². The van der Waals surface area contributed by atoms with Crippen molar-refractivity contribution in [2.45, 2.75) is 17.7 Å². The van der Waals surface area contributed by atoms with Gasteiger partial charge in [0.25, 0.3) is 9.05 Å². The molecular weight excluding hydrogens is 343 g/mol. The fourth-order valence-electron chi connectivity index (χ4n) is 1.57. The molecule has 9 heteroatoms. The Morgan fingerprint density at radius 1 is 1.14 bits per heavy atom. The van der Waals surface area contributed by atoms with Crippen molar-refractivity contribution in [3.8, 4) is 5.88 Å². The first-order chi connectivity index (χ1) is 10.2. The molecular formula is C13H9ClF3NO3S. The summed E-state index contributed by atoms with van der Waals surface area (Å²) in [4.78, 5) is 2.54. The van der Waals surface area contributed by atoms with Crippen LogP contribution in [0.3, 0.4) is 0 Å². The molecule has 0 aliphatic rings. The Morgan fingerprint density at radius 3 is 2.32 bits per heavy atom. The van der Waals surface area contributed by atoms with E-state index in [1.54, 1.807) is 30.3 Å². The Balaban J connectivity index is 2.34. The molecule has 2 rings (SSSR count). The van der Waals surface area contributed by atoms with Gasteiger partial charge in [0.1, 0.15) is 12.3 Å². The van der Waals surface area contributed by atoms with Crippen LogP contribution >= 0.6 is 10.7 Å². The van der Waals surface area contributed by atoms with Crippen molar-refractivity contribution < 1.29 is 26.3 Å². The molecule has 0 fully saturated rings. The van der Waals surface area contributed by atoms with Crippen LogP contribution < -0.4 is 4.74 Å². The highest BCUT2D eigenvalue weighted by atomic mass is 35.7. The average Bonchev–Trinajstić information content (AvgIpc) is 2.44. The maximum Gasteiger partial charge on any atom is 0.433 e. The fourth-order valence-corrected chi connectivity index (χ4v) is 2.33. The highest BCUT2D eigenvalue weighted by Gasteiger charge is 2.34. The molecule has 0 saturated heterocycles. The zero-order chi connectivity index (χ0) is 16.4. The van der Waals surface area contributed by atoms with Gasteiger partial charge in [0.05, 0.1) is 4.90 Å². The number of hydrogen-bond donors (Lipinski definition) is 0. The number of hydrogen-bond acceptors (Lipinski definition) is 4. The van der Waals surface area contributed by atoms with E-state index in [2.05, 4.69) is 4.98 Å². The number of pyridine rings is 1. The summed E-state index contributed by atoms with van der Waals surface area (Å²) < 4.78 is 65.9. The normalized spacial score (nSPS) is 12.2. The number of nitrogens with zero attached hydrogens (tertiary/aromatic N) is 1. The van der Waals surface area contributed by atoms with E-state index in [1.165, 1.54) is 0 Å². The summed E-state index contributed by atoms with van der Waals surface area (Å²) in [6, 6.07) is 9.84. The van der Waals surface area contributed by atoms with Gasteiger partial charge in [-0.25, -0.2) is 13.4 Å². The van der Waals surface area contributed by atoms with Crippen molar-refractivity contribution in [1.82, 2.24) is 4.98 Å². The molecule has 0 atom stereocenters. The molecule has 1 aromatic heterocycles. The van der Waals surface area contributed by atoms with Crippen LogP contribution in [0.5, 0.6) is 5.88 Å². The lowest BCUT2D eigenvalue weighted by atomic mass is 10.2. The molecule has 118 valence electrons. The third-order valence-electron chi connectivity index (χ3n) is 2.58. The van der Waals surface area contributed by atoms with Crippen LogP contribution in [0, 0.1) is 0 Å². The Bertz CT molecular complexity index is 764. The third-order valence-corrected chi connectivity index (χ3v) is 3.91. The van der Waals surface area contributed by atoms with Gasteiger partial charge in [0, 0.05) is 16.7 Å². The number of benzene rings is 1. The molecule has 0 aliphatic heterocycles. The summed E-state index contributed by atoms with van der Waals surface area (Å²) >= 11 is 0. The molecule has 0 aliphatic carbocycles. The predicted molar refractivity (Wildman–Crippen MR) is 73.1 cm³/mol. The first-order valence-corrected chi connectivity index (χ1v) is 8.18. The summed E-state index contributed by atoms with van der Waals surface area (Å²) in [5.74, 6) is -0.474. The molecule has 22 heavy (non-hydrogen) atoms. The molecule has 0 bridgehead atoms. The summed E-state index contributed by atoms with van der Waals surface area (Å²) in [5.41, 5.74) is -0.700. The number of rotatable bonds is 4. The van der Waals surface area contributed by atoms with E-state index in [0.29, 0.717) is 11.6 Å². The number of ether oxygens (including phenoxy) is 1. The van der Waals surface area contributed by atoms with E-state index >= 15 is 0 Å². The summed E-state index contributed by atoms with van der Waals surface area (Å²) in [7, 11) is 0.752. The van der Waals surface area contributed by atoms with E-state index < -0.39 is 31.7 Å². The third kappa shape index (κ3) is 4.35. The van der Waals surface area contributed by atoms with Gasteiger partial charge in [-0.1, -0.05) is 30.3 Å². The molecule has 0 N–H and O–H groups in total. The van der Waals surface area contributed by atoms with Gasteiger partial charge in [-0.2, -0.15) is 13.2 Å². The van der Waals surface area contributed by atoms with Gasteiger partial charge in [-0.15, -0.1) is 0 Å². The quantitative estimate of drug-likeness (QED) is 0.790. The molecule has 0 unspecified atom stereocenters. The predicted octanol–water partition coefficient (Wildman–Crippen LogP) is 3.61. The number of halogens is 4. The second-order valence-electron chi connectivity index (χ2n) is 4.24. The smallest absolute Gasteiger partial charge is 0.433 e. The maximum atomic E-state index is 12.7. The van der Waals surface area contributed by atoms with Crippen LogP contribution in [-0.2, 0) is 21.8 Å². The van der Waals surface area contributed by atoms with Crippen molar-refractivity contribution >= 4 is 19.7 Å². The van der Waals surface area contributed by atoms with Crippen LogP contribution in [0.4, 0.5) is 13.2 Å². The van der Waals surface area contributed by atoms with Crippen molar-refractivity contribution in [1.29, 1.82) is 0 Å². The Hall–Kier alpha value is -1.80. The molecule has 0 spiro atoms. The lowest BCUT2D eigenvalue weighted by molar-refractivity contribution is -0.141. The fraction of sp³-hybridized carbons (Fsp3) is 0.154. The van der Waals surface area contributed by atoms with E-state index in [0.717, 1.165) is 6.07 Å². The van der Waals surface area contributed by atoms with Gasteiger partial charge in [-0.3, -0.25) is 0 Å². The Labute approximate surface area is 128 Å².